The molecule has 0 amide bonds. The molecule has 16 aromatic rings. The first-order valence-electron chi connectivity index (χ1n) is 40.6. The summed E-state index contributed by atoms with van der Waals surface area (Å²) in [6.07, 6.45) is 7.16. The second-order valence-electron chi connectivity index (χ2n) is 30.9. The Bertz CT molecular complexity index is 5630. The number of benzene rings is 13. The number of para-hydroxylation sites is 6. The van der Waals surface area contributed by atoms with E-state index in [4.69, 9.17) is 4.98 Å². The molecule has 20 rings (SSSR count). The normalized spacial score (nSPS) is 12.5. The molecule has 7 heterocycles. The number of anilines is 16. The van der Waals surface area contributed by atoms with Gasteiger partial charge in [0.25, 0.3) is 0 Å². The molecule has 0 saturated heterocycles. The smallest absolute Gasteiger partial charge is 0.145 e. The molecule has 124 heavy (non-hydrogen) atoms. The number of pyridine rings is 2. The summed E-state index contributed by atoms with van der Waals surface area (Å²) >= 11 is 0. The fourth-order valence-corrected chi connectivity index (χ4v) is 16.9. The van der Waals surface area contributed by atoms with Crippen LogP contribution in [0.5, 0.6) is 0 Å². The van der Waals surface area contributed by atoms with Gasteiger partial charge in [-0.15, -0.1) is 95.9 Å². The van der Waals surface area contributed by atoms with E-state index < -0.39 is 0 Å². The Kier molecular flexibility index (Phi) is 28.9. The van der Waals surface area contributed by atoms with E-state index in [0.717, 1.165) is 80.1 Å². The maximum Gasteiger partial charge on any atom is 0.145 e. The maximum atomic E-state index is 4.69. The van der Waals surface area contributed by atoms with Crippen molar-refractivity contribution >= 4 is 91.5 Å². The molecule has 4 radical (unpaired) electrons. The Morgan fingerprint density at radius 2 is 0.411 bits per heavy atom. The third kappa shape index (κ3) is 18.3. The standard InChI is InChI=1S/C28H24N2.2C27H23N3.C26H22N4.4Ir/c1-20-10-4-5-15-25(20)30-19-29(26-16-6-7-17-27(26)30)24-14-9-13-23(18-24)28-21(2)11-8-12-22(28)3;1-19-9-4-5-14-24(19)30-18-29(27-25(30)15-8-16-28-27)23-13-7-12-22(17-23)26-20(2)10-6-11-21(26)3;1-19-9-4-5-14-24(19)30-18-29(25-15-8-16-28-27(25)30)23-13-7-12-22(17-23)26-20(2)10-6-11-21(26)3;1-18-8-4-5-13-23(18)30-17-29(25-26(30)28-15-14-27-25)22-12-7-11-21(16-22)24-19(2)9-6-10-20(24)3;;;;/h4-13,15-19H,1-3H3;2*4-12,14-18H,1-3H3;4-11,13-17H,1-3H3;;;;/q4*-2;;;;. The van der Waals surface area contributed by atoms with Gasteiger partial charge in [0.1, 0.15) is 23.3 Å². The van der Waals surface area contributed by atoms with Gasteiger partial charge in [-0.3, -0.25) is 0 Å². The van der Waals surface area contributed by atoms with Crippen molar-refractivity contribution in [2.24, 2.45) is 0 Å². The minimum Gasteiger partial charge on any atom is -0.493 e. The van der Waals surface area contributed by atoms with Gasteiger partial charge in [-0.25, -0.2) is 19.9 Å². The van der Waals surface area contributed by atoms with Gasteiger partial charge in [-0.2, -0.15) is 72.8 Å². The Labute approximate surface area is 785 Å². The van der Waals surface area contributed by atoms with Crippen LogP contribution in [0.25, 0.3) is 44.5 Å². The van der Waals surface area contributed by atoms with E-state index in [1.165, 1.54) is 123 Å². The van der Waals surface area contributed by atoms with Gasteiger partial charge in [0, 0.05) is 139 Å². The maximum absolute atomic E-state index is 4.69. The molecular formula is C108H92Ir4N12-8. The van der Waals surface area contributed by atoms with E-state index in [1.54, 1.807) is 12.4 Å². The van der Waals surface area contributed by atoms with Crippen molar-refractivity contribution in [3.8, 4) is 44.5 Å². The van der Waals surface area contributed by atoms with Crippen LogP contribution in [0.15, 0.2) is 316 Å². The predicted molar refractivity (Wildman–Crippen MR) is 497 cm³/mol. The summed E-state index contributed by atoms with van der Waals surface area (Å²) in [6, 6.07) is 115. The molecule has 628 valence electrons. The molecule has 4 aliphatic rings. The molecule has 16 heteroatoms. The number of aromatic nitrogens is 4. The predicted octanol–water partition coefficient (Wildman–Crippen LogP) is 27.5. The van der Waals surface area contributed by atoms with Crippen molar-refractivity contribution in [2.75, 3.05) is 39.2 Å². The van der Waals surface area contributed by atoms with Crippen molar-refractivity contribution in [3.63, 3.8) is 0 Å². The number of nitrogens with zero attached hydrogens (tertiary/aromatic N) is 12. The summed E-state index contributed by atoms with van der Waals surface area (Å²) in [5.74, 6) is 3.46. The van der Waals surface area contributed by atoms with Gasteiger partial charge in [0.2, 0.25) is 0 Å². The van der Waals surface area contributed by atoms with Gasteiger partial charge >= 0.3 is 0 Å². The van der Waals surface area contributed by atoms with Crippen LogP contribution >= 0.6 is 0 Å². The zero-order chi connectivity index (χ0) is 82.7. The molecular weight excluding hydrogens is 2230 g/mol. The van der Waals surface area contributed by atoms with Crippen LogP contribution in [0.1, 0.15) is 66.8 Å². The van der Waals surface area contributed by atoms with E-state index in [9.17, 15) is 0 Å². The van der Waals surface area contributed by atoms with Crippen LogP contribution in [-0.2, 0) is 80.4 Å². The van der Waals surface area contributed by atoms with Crippen LogP contribution < -0.4 is 39.2 Å². The first kappa shape index (κ1) is 90.0. The van der Waals surface area contributed by atoms with Crippen LogP contribution in [0.2, 0.25) is 0 Å². The van der Waals surface area contributed by atoms with Gasteiger partial charge in [0.15, 0.2) is 0 Å². The zero-order valence-electron chi connectivity index (χ0n) is 71.0. The Morgan fingerprint density at radius 1 is 0.194 bits per heavy atom. The van der Waals surface area contributed by atoms with Crippen LogP contribution in [0.4, 0.5) is 91.5 Å². The summed E-state index contributed by atoms with van der Waals surface area (Å²) in [4.78, 5) is 35.9. The molecule has 13 aromatic carbocycles. The Hall–Kier alpha value is -11.8. The van der Waals surface area contributed by atoms with Crippen molar-refractivity contribution in [2.45, 2.75) is 83.1 Å². The summed E-state index contributed by atoms with van der Waals surface area (Å²) in [6.45, 7) is 34.3. The molecule has 0 unspecified atom stereocenters. The van der Waals surface area contributed by atoms with E-state index in [1.807, 2.05) is 67.6 Å². The first-order chi connectivity index (χ1) is 58.5. The van der Waals surface area contributed by atoms with E-state index in [0.29, 0.717) is 0 Å². The van der Waals surface area contributed by atoms with Gasteiger partial charge < -0.3 is 39.2 Å². The Morgan fingerprint density at radius 3 is 0.766 bits per heavy atom. The van der Waals surface area contributed by atoms with Crippen molar-refractivity contribution in [3.05, 3.63) is 434 Å². The number of aryl methyl sites for hydroxylation is 12. The average molecular weight is 2330 g/mol. The van der Waals surface area contributed by atoms with Crippen LogP contribution in [0.3, 0.4) is 0 Å². The SMILES string of the molecule is Cc1ccccc1N1[CH-]N(c2[c-]ccc(-c3c(C)cccc3C)c2)c2ccccc21.Cc1ccccc1N1[CH-]N(c2[c-]ccc(-c3c(C)cccc3C)c2)c2cccnc21.Cc1ccccc1N1[CH-]N(c2[c-]ccc(-c3c(C)cccc3C)c2)c2ncccc21.Cc1ccccc1N1[CH-]N(c2[c-]ccc(-c3c(C)cccc3C)c2)c2nccnc21.[Ir].[Ir].[Ir].[Ir]. The molecule has 12 nitrogen and oxygen atoms in total. The van der Waals surface area contributed by atoms with Crippen molar-refractivity contribution in [1.82, 2.24) is 19.9 Å². The Balaban J connectivity index is 0.000000141. The molecule has 0 bridgehead atoms. The summed E-state index contributed by atoms with van der Waals surface area (Å²) in [5, 5.41) is 0. The topological polar surface area (TPSA) is 77.5 Å². The van der Waals surface area contributed by atoms with E-state index in [-0.39, 0.29) is 80.4 Å². The molecule has 0 spiro atoms. The minimum atomic E-state index is 0. The van der Waals surface area contributed by atoms with Gasteiger partial charge in [-0.05, 0) is 233 Å². The third-order valence-corrected chi connectivity index (χ3v) is 22.7. The van der Waals surface area contributed by atoms with Crippen LogP contribution in [0, 0.1) is 134 Å². The van der Waals surface area contributed by atoms with Crippen molar-refractivity contribution in [1.29, 1.82) is 0 Å². The van der Waals surface area contributed by atoms with Crippen molar-refractivity contribution < 1.29 is 80.4 Å². The second kappa shape index (κ2) is 39.8. The number of fused-ring (bicyclic) bond motifs is 4. The molecule has 0 atom stereocenters. The summed E-state index contributed by atoms with van der Waals surface area (Å²) in [7, 11) is 0. The average Bonchev–Trinajstić information content (AvgIpc) is 1.63. The largest absolute Gasteiger partial charge is 0.493 e. The second-order valence-corrected chi connectivity index (χ2v) is 30.9. The van der Waals surface area contributed by atoms with E-state index >= 15 is 0 Å². The number of hydrogen-bond donors (Lipinski definition) is 0. The quantitative estimate of drug-likeness (QED) is 0.109. The first-order valence-corrected chi connectivity index (χ1v) is 40.6. The fraction of sp³-hybridized carbons (Fsp3) is 0.111. The molecule has 0 fully saturated rings. The molecule has 0 saturated carbocycles. The monoisotopic (exact) mass is 2330 g/mol. The third-order valence-electron chi connectivity index (χ3n) is 22.7. The van der Waals surface area contributed by atoms with Gasteiger partial charge in [-0.1, -0.05) is 158 Å². The van der Waals surface area contributed by atoms with Gasteiger partial charge in [0.05, 0.1) is 11.4 Å². The van der Waals surface area contributed by atoms with E-state index in [2.05, 4.69) is 424 Å². The van der Waals surface area contributed by atoms with Crippen LogP contribution in [-0.4, -0.2) is 19.9 Å². The molecule has 0 N–H and O–H groups in total. The number of hydrogen-bond acceptors (Lipinski definition) is 12. The summed E-state index contributed by atoms with van der Waals surface area (Å²) in [5.41, 5.74) is 38.0. The number of rotatable bonds is 12. The zero-order valence-corrected chi connectivity index (χ0v) is 80.6. The fourth-order valence-electron chi connectivity index (χ4n) is 16.9. The molecule has 3 aromatic heterocycles. The molecule has 0 aliphatic carbocycles. The minimum absolute atomic E-state index is 0. The summed E-state index contributed by atoms with van der Waals surface area (Å²) < 4.78 is 0. The molecule has 4 aliphatic heterocycles.